The molecule has 0 spiro atoms. The Morgan fingerprint density at radius 1 is 1.26 bits per heavy atom. The van der Waals surface area contributed by atoms with Crippen molar-refractivity contribution in [3.8, 4) is 5.75 Å². The van der Waals surface area contributed by atoms with E-state index in [1.165, 1.54) is 19.3 Å². The molecule has 0 aromatic heterocycles. The number of nitrogens with one attached hydrogen (secondary N) is 2. The molecule has 0 amide bonds. The molecule has 1 aromatic rings. The Morgan fingerprint density at radius 3 is 2.81 bits per heavy atom. The van der Waals surface area contributed by atoms with Crippen LogP contribution in [0, 0.1) is 11.3 Å². The molecule has 3 unspecified atom stereocenters. The average Bonchev–Trinajstić information content (AvgIpc) is 3.08. The molecule has 1 aliphatic heterocycles. The lowest BCUT2D eigenvalue weighted by atomic mass is 9.57. The summed E-state index contributed by atoms with van der Waals surface area (Å²) in [5.41, 5.74) is 1.29. The van der Waals surface area contributed by atoms with Crippen molar-refractivity contribution in [1.82, 2.24) is 10.6 Å². The fourth-order valence-electron chi connectivity index (χ4n) is 4.67. The summed E-state index contributed by atoms with van der Waals surface area (Å²) in [4.78, 5) is 4.87. The number of para-hydroxylation sites is 1. The molecule has 5 nitrogen and oxygen atoms in total. The summed E-state index contributed by atoms with van der Waals surface area (Å²) in [6.07, 6.45) is 5.53. The van der Waals surface area contributed by atoms with Gasteiger partial charge in [0.05, 0.1) is 18.8 Å². The molecule has 1 aromatic carbocycles. The zero-order chi connectivity index (χ0) is 18.9. The summed E-state index contributed by atoms with van der Waals surface area (Å²) < 4.78 is 12.1. The Balaban J connectivity index is 1.44. The molecule has 1 heterocycles. The first kappa shape index (κ1) is 18.6. The third-order valence-electron chi connectivity index (χ3n) is 6.46. The van der Waals surface area contributed by atoms with E-state index in [1.807, 2.05) is 6.07 Å². The molecule has 2 N–H and O–H groups in total. The Labute approximate surface area is 162 Å². The Bertz CT molecular complexity index is 684. The molecule has 148 valence electrons. The van der Waals surface area contributed by atoms with E-state index >= 15 is 0 Å². The lowest BCUT2D eigenvalue weighted by Gasteiger charge is -2.54. The number of aliphatic imine (C=N–C) groups is 1. The van der Waals surface area contributed by atoms with Gasteiger partial charge in [0.2, 0.25) is 0 Å². The Morgan fingerprint density at radius 2 is 2.07 bits per heavy atom. The maximum Gasteiger partial charge on any atom is 0.191 e. The molecule has 0 radical (unpaired) electrons. The van der Waals surface area contributed by atoms with E-state index in [0.717, 1.165) is 36.8 Å². The van der Waals surface area contributed by atoms with Crippen molar-refractivity contribution >= 4 is 5.96 Å². The van der Waals surface area contributed by atoms with Crippen molar-refractivity contribution in [2.24, 2.45) is 16.3 Å². The average molecular weight is 372 g/mol. The van der Waals surface area contributed by atoms with E-state index in [0.29, 0.717) is 30.7 Å². The normalized spacial score (nSPS) is 29.4. The van der Waals surface area contributed by atoms with Gasteiger partial charge in [0, 0.05) is 36.1 Å². The van der Waals surface area contributed by atoms with Crippen LogP contribution in [0.25, 0.3) is 0 Å². The lowest BCUT2D eigenvalue weighted by molar-refractivity contribution is -0.106. The predicted octanol–water partition coefficient (Wildman–Crippen LogP) is 3.49. The number of hydrogen-bond acceptors (Lipinski definition) is 3. The van der Waals surface area contributed by atoms with Gasteiger partial charge in [-0.3, -0.25) is 0 Å². The number of guanidine groups is 1. The molecule has 3 aliphatic rings. The van der Waals surface area contributed by atoms with E-state index in [1.54, 1.807) is 0 Å². The summed E-state index contributed by atoms with van der Waals surface area (Å²) in [5, 5.41) is 7.10. The van der Waals surface area contributed by atoms with Gasteiger partial charge < -0.3 is 20.1 Å². The lowest BCUT2D eigenvalue weighted by Crippen LogP contribution is -2.67. The van der Waals surface area contributed by atoms with Gasteiger partial charge in [0.1, 0.15) is 5.75 Å². The second kappa shape index (κ2) is 7.70. The fourth-order valence-corrected chi connectivity index (χ4v) is 4.67. The fraction of sp³-hybridized carbons (Fsp3) is 0.682. The van der Waals surface area contributed by atoms with E-state index in [-0.39, 0.29) is 5.41 Å². The van der Waals surface area contributed by atoms with Gasteiger partial charge in [0.15, 0.2) is 5.96 Å². The molecule has 3 atom stereocenters. The molecule has 27 heavy (non-hydrogen) atoms. The molecule has 2 saturated carbocycles. The van der Waals surface area contributed by atoms with E-state index in [4.69, 9.17) is 14.5 Å². The zero-order valence-corrected chi connectivity index (χ0v) is 16.8. The third kappa shape index (κ3) is 3.66. The highest BCUT2D eigenvalue weighted by atomic mass is 16.5. The molecule has 0 bridgehead atoms. The second-order valence-corrected chi connectivity index (χ2v) is 8.66. The quantitative estimate of drug-likeness (QED) is 0.594. The van der Waals surface area contributed by atoms with Crippen LogP contribution in [0.3, 0.4) is 0 Å². The zero-order valence-electron chi connectivity index (χ0n) is 16.8. The summed E-state index contributed by atoms with van der Waals surface area (Å²) in [6.45, 7) is 9.06. The summed E-state index contributed by atoms with van der Waals surface area (Å²) in [7, 11) is 0. The van der Waals surface area contributed by atoms with Crippen LogP contribution in [-0.2, 0) is 11.3 Å². The molecule has 2 aliphatic carbocycles. The maximum absolute atomic E-state index is 6.15. The topological polar surface area (TPSA) is 54.9 Å². The standard InChI is InChI=1S/C22H33N3O2/c1-4-23-21(25-19-17-12-13-26-20(17)22(19,2)3)24-14-15-8-5-6-11-18(15)27-16-9-7-10-16/h5-6,8,11,16-17,19-20H,4,7,9-10,12-14H2,1-3H3,(H2,23,24,25). The maximum atomic E-state index is 6.15. The number of rotatable bonds is 6. The van der Waals surface area contributed by atoms with Crippen LogP contribution in [0.2, 0.25) is 0 Å². The molecule has 1 saturated heterocycles. The van der Waals surface area contributed by atoms with Crippen molar-refractivity contribution in [1.29, 1.82) is 0 Å². The van der Waals surface area contributed by atoms with Crippen LogP contribution >= 0.6 is 0 Å². The van der Waals surface area contributed by atoms with Gasteiger partial charge >= 0.3 is 0 Å². The van der Waals surface area contributed by atoms with Gasteiger partial charge in [0.25, 0.3) is 0 Å². The van der Waals surface area contributed by atoms with Gasteiger partial charge in [-0.05, 0) is 38.7 Å². The second-order valence-electron chi connectivity index (χ2n) is 8.66. The van der Waals surface area contributed by atoms with Crippen molar-refractivity contribution in [3.05, 3.63) is 29.8 Å². The first-order valence-corrected chi connectivity index (χ1v) is 10.5. The minimum absolute atomic E-state index is 0.141. The minimum atomic E-state index is 0.141. The molecular formula is C22H33N3O2. The smallest absolute Gasteiger partial charge is 0.191 e. The van der Waals surface area contributed by atoms with Gasteiger partial charge in [-0.15, -0.1) is 0 Å². The summed E-state index contributed by atoms with van der Waals surface area (Å²) in [5.74, 6) is 2.47. The SMILES string of the molecule is CCNC(=NCc1ccccc1OC1CCC1)NC1C2CCOC2C1(C)C. The molecule has 4 rings (SSSR count). The van der Waals surface area contributed by atoms with Gasteiger partial charge in [-0.1, -0.05) is 32.0 Å². The highest BCUT2D eigenvalue weighted by Crippen LogP contribution is 2.52. The van der Waals surface area contributed by atoms with Gasteiger partial charge in [-0.2, -0.15) is 0 Å². The predicted molar refractivity (Wildman–Crippen MR) is 108 cm³/mol. The minimum Gasteiger partial charge on any atom is -0.490 e. The van der Waals surface area contributed by atoms with Crippen molar-refractivity contribution in [2.75, 3.05) is 13.2 Å². The highest BCUT2D eigenvalue weighted by Gasteiger charge is 2.59. The number of nitrogens with zero attached hydrogens (tertiary/aromatic N) is 1. The van der Waals surface area contributed by atoms with Crippen LogP contribution in [0.4, 0.5) is 0 Å². The molecular weight excluding hydrogens is 338 g/mol. The van der Waals surface area contributed by atoms with Crippen LogP contribution in [-0.4, -0.2) is 37.4 Å². The number of hydrogen-bond donors (Lipinski definition) is 2. The molecule has 5 heteroatoms. The van der Waals surface area contributed by atoms with Crippen LogP contribution in [0.5, 0.6) is 5.75 Å². The monoisotopic (exact) mass is 371 g/mol. The van der Waals surface area contributed by atoms with Crippen LogP contribution < -0.4 is 15.4 Å². The molecule has 3 fully saturated rings. The van der Waals surface area contributed by atoms with Crippen molar-refractivity contribution in [2.45, 2.75) is 71.2 Å². The van der Waals surface area contributed by atoms with E-state index < -0.39 is 0 Å². The Hall–Kier alpha value is -1.75. The Kier molecular flexibility index (Phi) is 5.31. The first-order chi connectivity index (χ1) is 13.1. The number of fused-ring (bicyclic) bond motifs is 1. The highest BCUT2D eigenvalue weighted by molar-refractivity contribution is 5.80. The van der Waals surface area contributed by atoms with Crippen LogP contribution in [0.15, 0.2) is 29.3 Å². The van der Waals surface area contributed by atoms with E-state index in [9.17, 15) is 0 Å². The number of ether oxygens (including phenoxy) is 2. The third-order valence-corrected chi connectivity index (χ3v) is 6.46. The van der Waals surface area contributed by atoms with Gasteiger partial charge in [-0.25, -0.2) is 4.99 Å². The first-order valence-electron chi connectivity index (χ1n) is 10.5. The van der Waals surface area contributed by atoms with Crippen molar-refractivity contribution in [3.63, 3.8) is 0 Å². The van der Waals surface area contributed by atoms with Crippen LogP contribution in [0.1, 0.15) is 52.0 Å². The largest absolute Gasteiger partial charge is 0.490 e. The van der Waals surface area contributed by atoms with Crippen molar-refractivity contribution < 1.29 is 9.47 Å². The summed E-state index contributed by atoms with van der Waals surface area (Å²) in [6, 6.07) is 8.70. The number of benzene rings is 1. The van der Waals surface area contributed by atoms with E-state index in [2.05, 4.69) is 49.6 Å². The summed E-state index contributed by atoms with van der Waals surface area (Å²) >= 11 is 0.